The molecule has 0 aliphatic rings. The van der Waals surface area contributed by atoms with Crippen LogP contribution in [0.15, 0.2) is 27.2 Å². The fourth-order valence-electron chi connectivity index (χ4n) is 1.96. The Balaban J connectivity index is 2.09. The standard InChI is InChI=1S/C15H20BrN3O2/c1-4-5-14-18-15(21-19-14)9-20-13-8-11(16)6-7-12(13)10(2)17-3/h6-8,10,17H,4-5,9H2,1-3H3. The molecule has 0 amide bonds. The topological polar surface area (TPSA) is 60.2 Å². The van der Waals surface area contributed by atoms with Crippen molar-refractivity contribution in [3.63, 3.8) is 0 Å². The molecular weight excluding hydrogens is 334 g/mol. The summed E-state index contributed by atoms with van der Waals surface area (Å²) in [5.74, 6) is 2.04. The molecule has 1 N–H and O–H groups in total. The van der Waals surface area contributed by atoms with Crippen molar-refractivity contribution in [1.29, 1.82) is 0 Å². The van der Waals surface area contributed by atoms with Crippen LogP contribution in [0.1, 0.15) is 43.6 Å². The van der Waals surface area contributed by atoms with Gasteiger partial charge in [0, 0.05) is 22.5 Å². The molecule has 0 bridgehead atoms. The Morgan fingerprint density at radius 3 is 2.95 bits per heavy atom. The van der Waals surface area contributed by atoms with E-state index >= 15 is 0 Å². The van der Waals surface area contributed by atoms with Gasteiger partial charge >= 0.3 is 0 Å². The number of nitrogens with one attached hydrogen (secondary N) is 1. The zero-order valence-electron chi connectivity index (χ0n) is 12.5. The van der Waals surface area contributed by atoms with Crippen molar-refractivity contribution in [2.75, 3.05) is 7.05 Å². The van der Waals surface area contributed by atoms with Crippen LogP contribution in [0.2, 0.25) is 0 Å². The number of halogens is 1. The number of rotatable bonds is 7. The molecule has 0 saturated heterocycles. The van der Waals surface area contributed by atoms with Crippen LogP contribution >= 0.6 is 15.9 Å². The molecule has 0 saturated carbocycles. The van der Waals surface area contributed by atoms with Crippen LogP contribution in [0, 0.1) is 0 Å². The molecular formula is C15H20BrN3O2. The summed E-state index contributed by atoms with van der Waals surface area (Å²) in [5, 5.41) is 7.14. The minimum Gasteiger partial charge on any atom is -0.483 e. The van der Waals surface area contributed by atoms with E-state index in [0.717, 1.165) is 34.5 Å². The highest BCUT2D eigenvalue weighted by atomic mass is 79.9. The Bertz CT molecular complexity index is 586. The first-order valence-corrected chi connectivity index (χ1v) is 7.84. The molecule has 1 unspecified atom stereocenters. The van der Waals surface area contributed by atoms with E-state index in [-0.39, 0.29) is 12.6 Å². The molecule has 0 fully saturated rings. The van der Waals surface area contributed by atoms with Crippen molar-refractivity contribution in [3.8, 4) is 5.75 Å². The normalized spacial score (nSPS) is 12.4. The maximum absolute atomic E-state index is 5.85. The molecule has 0 aliphatic carbocycles. The fourth-order valence-corrected chi connectivity index (χ4v) is 2.30. The number of ether oxygens (including phenoxy) is 1. The Morgan fingerprint density at radius 1 is 1.43 bits per heavy atom. The largest absolute Gasteiger partial charge is 0.483 e. The van der Waals surface area contributed by atoms with E-state index in [9.17, 15) is 0 Å². The highest BCUT2D eigenvalue weighted by Crippen LogP contribution is 2.29. The molecule has 0 aliphatic heterocycles. The zero-order chi connectivity index (χ0) is 15.2. The number of nitrogens with zero attached hydrogens (tertiary/aromatic N) is 2. The minimum absolute atomic E-state index is 0.200. The van der Waals surface area contributed by atoms with Crippen LogP contribution < -0.4 is 10.1 Å². The second-order valence-electron chi connectivity index (χ2n) is 4.84. The predicted octanol–water partition coefficient (Wildman–Crippen LogP) is 3.64. The second-order valence-corrected chi connectivity index (χ2v) is 5.75. The summed E-state index contributed by atoms with van der Waals surface area (Å²) in [6.45, 7) is 4.44. The van der Waals surface area contributed by atoms with E-state index < -0.39 is 0 Å². The molecule has 2 rings (SSSR count). The van der Waals surface area contributed by atoms with Gasteiger partial charge in [-0.2, -0.15) is 4.98 Å². The van der Waals surface area contributed by atoms with Gasteiger partial charge in [0.15, 0.2) is 12.4 Å². The van der Waals surface area contributed by atoms with Crippen LogP contribution in [-0.2, 0) is 13.0 Å². The first-order chi connectivity index (χ1) is 10.1. The van der Waals surface area contributed by atoms with E-state index in [2.05, 4.69) is 45.2 Å². The lowest BCUT2D eigenvalue weighted by Gasteiger charge is -2.16. The number of hydrogen-bond acceptors (Lipinski definition) is 5. The SMILES string of the molecule is CCCc1noc(COc2cc(Br)ccc2C(C)NC)n1. The molecule has 5 nitrogen and oxygen atoms in total. The summed E-state index contributed by atoms with van der Waals surface area (Å²) in [6.07, 6.45) is 1.82. The van der Waals surface area contributed by atoms with Gasteiger partial charge in [-0.25, -0.2) is 0 Å². The molecule has 0 radical (unpaired) electrons. The summed E-state index contributed by atoms with van der Waals surface area (Å²) < 4.78 is 12.0. The maximum atomic E-state index is 5.85. The van der Waals surface area contributed by atoms with Gasteiger partial charge in [0.05, 0.1) is 0 Å². The molecule has 2 aromatic rings. The Hall–Kier alpha value is -1.40. The van der Waals surface area contributed by atoms with Gasteiger partial charge in [0.1, 0.15) is 5.75 Å². The van der Waals surface area contributed by atoms with E-state index in [0.29, 0.717) is 5.89 Å². The first kappa shape index (κ1) is 16.0. The van der Waals surface area contributed by atoms with Crippen LogP contribution in [0.3, 0.4) is 0 Å². The molecule has 1 aromatic heterocycles. The Kier molecular flexibility index (Phi) is 5.76. The highest BCUT2D eigenvalue weighted by molar-refractivity contribution is 9.10. The van der Waals surface area contributed by atoms with E-state index in [1.165, 1.54) is 0 Å². The van der Waals surface area contributed by atoms with E-state index in [4.69, 9.17) is 9.26 Å². The van der Waals surface area contributed by atoms with Gasteiger partial charge in [0.2, 0.25) is 0 Å². The van der Waals surface area contributed by atoms with Crippen molar-refractivity contribution < 1.29 is 9.26 Å². The summed E-state index contributed by atoms with van der Waals surface area (Å²) in [5.41, 5.74) is 1.09. The van der Waals surface area contributed by atoms with Gasteiger partial charge in [-0.15, -0.1) is 0 Å². The molecule has 1 atom stereocenters. The molecule has 114 valence electrons. The van der Waals surface area contributed by atoms with Crippen molar-refractivity contribution in [1.82, 2.24) is 15.5 Å². The summed E-state index contributed by atoms with van der Waals surface area (Å²) in [6, 6.07) is 6.19. The quantitative estimate of drug-likeness (QED) is 0.823. The van der Waals surface area contributed by atoms with Crippen LogP contribution in [0.4, 0.5) is 0 Å². The first-order valence-electron chi connectivity index (χ1n) is 7.05. The van der Waals surface area contributed by atoms with Crippen molar-refractivity contribution >= 4 is 15.9 Å². The van der Waals surface area contributed by atoms with Crippen molar-refractivity contribution in [3.05, 3.63) is 40.0 Å². The van der Waals surface area contributed by atoms with E-state index in [1.807, 2.05) is 25.2 Å². The number of hydrogen-bond donors (Lipinski definition) is 1. The summed E-state index contributed by atoms with van der Waals surface area (Å²) >= 11 is 3.47. The average Bonchev–Trinajstić information content (AvgIpc) is 2.92. The lowest BCUT2D eigenvalue weighted by Crippen LogP contribution is -2.13. The zero-order valence-corrected chi connectivity index (χ0v) is 14.1. The van der Waals surface area contributed by atoms with Crippen LogP contribution in [-0.4, -0.2) is 17.2 Å². The summed E-state index contributed by atoms with van der Waals surface area (Å²) in [7, 11) is 1.92. The van der Waals surface area contributed by atoms with Crippen molar-refractivity contribution in [2.24, 2.45) is 0 Å². The third-order valence-corrected chi connectivity index (χ3v) is 3.70. The van der Waals surface area contributed by atoms with Crippen LogP contribution in [0.25, 0.3) is 0 Å². The monoisotopic (exact) mass is 353 g/mol. The van der Waals surface area contributed by atoms with Gasteiger partial charge < -0.3 is 14.6 Å². The predicted molar refractivity (Wildman–Crippen MR) is 84.2 cm³/mol. The fraction of sp³-hybridized carbons (Fsp3) is 0.467. The lowest BCUT2D eigenvalue weighted by molar-refractivity contribution is 0.239. The Morgan fingerprint density at radius 2 is 2.24 bits per heavy atom. The number of aromatic nitrogens is 2. The summed E-state index contributed by atoms with van der Waals surface area (Å²) in [4.78, 5) is 4.30. The number of benzene rings is 1. The second kappa shape index (κ2) is 7.56. The third-order valence-electron chi connectivity index (χ3n) is 3.21. The average molecular weight is 354 g/mol. The molecule has 6 heteroatoms. The molecule has 1 heterocycles. The van der Waals surface area contributed by atoms with Gasteiger partial charge in [-0.3, -0.25) is 0 Å². The van der Waals surface area contributed by atoms with Crippen molar-refractivity contribution in [2.45, 2.75) is 39.3 Å². The third kappa shape index (κ3) is 4.28. The molecule has 0 spiro atoms. The lowest BCUT2D eigenvalue weighted by atomic mass is 10.1. The van der Waals surface area contributed by atoms with Gasteiger partial charge in [-0.1, -0.05) is 34.1 Å². The minimum atomic E-state index is 0.200. The molecule has 21 heavy (non-hydrogen) atoms. The number of aryl methyl sites for hydroxylation is 1. The van der Waals surface area contributed by atoms with Crippen LogP contribution in [0.5, 0.6) is 5.75 Å². The highest BCUT2D eigenvalue weighted by Gasteiger charge is 2.12. The Labute approximate surface area is 133 Å². The van der Waals surface area contributed by atoms with Gasteiger partial charge in [-0.05, 0) is 32.5 Å². The maximum Gasteiger partial charge on any atom is 0.264 e. The molecule has 1 aromatic carbocycles. The smallest absolute Gasteiger partial charge is 0.264 e. The van der Waals surface area contributed by atoms with Gasteiger partial charge in [0.25, 0.3) is 5.89 Å². The van der Waals surface area contributed by atoms with E-state index in [1.54, 1.807) is 0 Å².